The van der Waals surface area contributed by atoms with Gasteiger partial charge in [0.1, 0.15) is 5.82 Å². The van der Waals surface area contributed by atoms with Crippen LogP contribution in [0.4, 0.5) is 15.8 Å². The maximum atomic E-state index is 14.4. The number of nitrogens with one attached hydrogen (secondary N) is 3. The lowest BCUT2D eigenvalue weighted by molar-refractivity contribution is -0.116. The molecule has 0 atom stereocenters. The van der Waals surface area contributed by atoms with E-state index in [1.807, 2.05) is 12.1 Å². The summed E-state index contributed by atoms with van der Waals surface area (Å²) in [6.45, 7) is 0.363. The molecule has 0 radical (unpaired) electrons. The monoisotopic (exact) mass is 501 g/mol. The average molecular weight is 502 g/mol. The quantitative estimate of drug-likeness (QED) is 0.191. The van der Waals surface area contributed by atoms with E-state index in [2.05, 4.69) is 20.8 Å². The van der Waals surface area contributed by atoms with Gasteiger partial charge in [-0.1, -0.05) is 42.8 Å². The second kappa shape index (κ2) is 11.9. The molecule has 3 aromatic carbocycles. The highest BCUT2D eigenvalue weighted by Crippen LogP contribution is 2.19. The van der Waals surface area contributed by atoms with Crippen LogP contribution in [0.2, 0.25) is 0 Å². The number of hydrogen-bond donors (Lipinski definition) is 4. The lowest BCUT2D eigenvalue weighted by atomic mass is 10.0. The molecule has 2 amide bonds. The van der Waals surface area contributed by atoms with Crippen LogP contribution in [0.25, 0.3) is 10.8 Å². The molecule has 190 valence electrons. The van der Waals surface area contributed by atoms with Gasteiger partial charge in [-0.2, -0.15) is 5.10 Å². The van der Waals surface area contributed by atoms with Gasteiger partial charge in [-0.25, -0.2) is 9.49 Å². The zero-order valence-corrected chi connectivity index (χ0v) is 20.2. The summed E-state index contributed by atoms with van der Waals surface area (Å²) < 4.78 is 14.4. The van der Waals surface area contributed by atoms with Crippen molar-refractivity contribution in [1.29, 1.82) is 0 Å². The molecule has 4 rings (SSSR count). The predicted octanol–water partition coefficient (Wildman–Crippen LogP) is 4.16. The Bertz CT molecular complexity index is 1480. The SMILES string of the molecule is Nc1ccccc1NC(=O)CCCCCNC(=O)c1cc(Cc2n[nH]c(=O)c3ccccc23)ccc1F. The normalized spacial score (nSPS) is 10.8. The molecular weight excluding hydrogens is 473 g/mol. The summed E-state index contributed by atoms with van der Waals surface area (Å²) in [5.41, 5.74) is 7.93. The number of halogens is 1. The average Bonchev–Trinajstić information content (AvgIpc) is 2.90. The lowest BCUT2D eigenvalue weighted by Crippen LogP contribution is -2.25. The van der Waals surface area contributed by atoms with Crippen molar-refractivity contribution in [3.8, 4) is 0 Å². The van der Waals surface area contributed by atoms with Crippen molar-refractivity contribution in [3.63, 3.8) is 0 Å². The Labute approximate surface area is 213 Å². The standard InChI is InChI=1S/C28H28FN5O3/c29-22-14-13-18(17-25-19-8-3-4-9-20(19)28(37)34-33-25)16-21(22)27(36)31-15-7-1-2-12-26(35)32-24-11-6-5-10-23(24)30/h3-6,8-11,13-14,16H,1-2,7,12,15,17,30H2,(H,31,36)(H,32,35)(H,34,37). The third kappa shape index (κ3) is 6.58. The van der Waals surface area contributed by atoms with E-state index in [1.54, 1.807) is 42.5 Å². The fourth-order valence-corrected chi connectivity index (χ4v) is 4.06. The topological polar surface area (TPSA) is 130 Å². The number of anilines is 2. The van der Waals surface area contributed by atoms with Crippen molar-refractivity contribution in [3.05, 3.63) is 99.7 Å². The van der Waals surface area contributed by atoms with Crippen LogP contribution in [0, 0.1) is 5.82 Å². The number of amides is 2. The van der Waals surface area contributed by atoms with Gasteiger partial charge >= 0.3 is 0 Å². The molecule has 5 N–H and O–H groups in total. The summed E-state index contributed by atoms with van der Waals surface area (Å²) in [4.78, 5) is 36.7. The number of carbonyl (C=O) groups is 2. The van der Waals surface area contributed by atoms with E-state index < -0.39 is 11.7 Å². The molecule has 9 heteroatoms. The minimum atomic E-state index is -0.614. The number of unbranched alkanes of at least 4 members (excludes halogenated alkanes) is 2. The van der Waals surface area contributed by atoms with Crippen LogP contribution in [0.3, 0.4) is 0 Å². The Morgan fingerprint density at radius 1 is 0.946 bits per heavy atom. The lowest BCUT2D eigenvalue weighted by Gasteiger charge is -2.10. The van der Waals surface area contributed by atoms with E-state index in [-0.39, 0.29) is 17.0 Å². The van der Waals surface area contributed by atoms with Crippen LogP contribution in [0.1, 0.15) is 47.3 Å². The van der Waals surface area contributed by atoms with Gasteiger partial charge in [0.05, 0.1) is 28.0 Å². The van der Waals surface area contributed by atoms with Crippen LogP contribution in [-0.2, 0) is 11.2 Å². The number of benzene rings is 3. The number of fused-ring (bicyclic) bond motifs is 1. The Kier molecular flexibility index (Phi) is 8.25. The summed E-state index contributed by atoms with van der Waals surface area (Å²) in [6.07, 6.45) is 2.70. The molecule has 1 heterocycles. The molecule has 0 aliphatic rings. The fourth-order valence-electron chi connectivity index (χ4n) is 4.06. The Balaban J connectivity index is 1.27. The summed E-state index contributed by atoms with van der Waals surface area (Å²) >= 11 is 0. The molecule has 0 saturated carbocycles. The first-order valence-electron chi connectivity index (χ1n) is 12.1. The molecule has 0 spiro atoms. The van der Waals surface area contributed by atoms with Gasteiger partial charge in [0.2, 0.25) is 5.91 Å². The van der Waals surface area contributed by atoms with E-state index >= 15 is 0 Å². The zero-order valence-electron chi connectivity index (χ0n) is 20.2. The van der Waals surface area contributed by atoms with E-state index in [0.717, 1.165) is 6.42 Å². The highest BCUT2D eigenvalue weighted by atomic mass is 19.1. The van der Waals surface area contributed by atoms with E-state index in [4.69, 9.17) is 5.73 Å². The maximum Gasteiger partial charge on any atom is 0.272 e. The number of nitrogen functional groups attached to an aromatic ring is 1. The smallest absolute Gasteiger partial charge is 0.272 e. The number of nitrogens with two attached hydrogens (primary N) is 1. The molecular formula is C28H28FN5O3. The molecule has 37 heavy (non-hydrogen) atoms. The van der Waals surface area contributed by atoms with Gasteiger partial charge in [-0.3, -0.25) is 14.4 Å². The molecule has 0 aliphatic heterocycles. The molecule has 1 aromatic heterocycles. The van der Waals surface area contributed by atoms with Gasteiger partial charge in [-0.05, 0) is 48.7 Å². The first-order valence-corrected chi connectivity index (χ1v) is 12.1. The zero-order chi connectivity index (χ0) is 26.2. The van der Waals surface area contributed by atoms with Crippen molar-refractivity contribution in [2.45, 2.75) is 32.1 Å². The van der Waals surface area contributed by atoms with Gasteiger partial charge in [-0.15, -0.1) is 0 Å². The molecule has 0 unspecified atom stereocenters. The number of carbonyl (C=O) groups excluding carboxylic acids is 2. The third-order valence-electron chi connectivity index (χ3n) is 6.02. The van der Waals surface area contributed by atoms with Gasteiger partial charge in [0.15, 0.2) is 0 Å². The second-order valence-electron chi connectivity index (χ2n) is 8.74. The summed E-state index contributed by atoms with van der Waals surface area (Å²) in [5, 5.41) is 13.4. The van der Waals surface area contributed by atoms with E-state index in [0.29, 0.717) is 65.6 Å². The summed E-state index contributed by atoms with van der Waals surface area (Å²) in [5.74, 6) is -1.24. The first kappa shape index (κ1) is 25.6. The molecule has 0 bridgehead atoms. The molecule has 8 nitrogen and oxygen atoms in total. The van der Waals surface area contributed by atoms with E-state index in [1.165, 1.54) is 12.1 Å². The largest absolute Gasteiger partial charge is 0.397 e. The number of aromatic nitrogens is 2. The van der Waals surface area contributed by atoms with Gasteiger partial charge in [0.25, 0.3) is 11.5 Å². The fraction of sp³-hybridized carbons (Fsp3) is 0.214. The Morgan fingerprint density at radius 2 is 1.70 bits per heavy atom. The Morgan fingerprint density at radius 3 is 2.51 bits per heavy atom. The molecule has 0 saturated heterocycles. The van der Waals surface area contributed by atoms with E-state index in [9.17, 15) is 18.8 Å². The number of para-hydroxylation sites is 2. The first-order chi connectivity index (χ1) is 17.9. The van der Waals surface area contributed by atoms with Crippen molar-refractivity contribution in [1.82, 2.24) is 15.5 Å². The van der Waals surface area contributed by atoms with Crippen LogP contribution in [0.15, 0.2) is 71.5 Å². The van der Waals surface area contributed by atoms with Crippen molar-refractivity contribution in [2.24, 2.45) is 0 Å². The van der Waals surface area contributed by atoms with Crippen LogP contribution < -0.4 is 21.9 Å². The minimum absolute atomic E-state index is 0.0499. The highest BCUT2D eigenvalue weighted by Gasteiger charge is 2.14. The number of rotatable bonds is 10. The van der Waals surface area contributed by atoms with Crippen molar-refractivity contribution >= 4 is 34.0 Å². The number of H-pyrrole nitrogens is 1. The number of nitrogens with zero attached hydrogens (tertiary/aromatic N) is 1. The second-order valence-corrected chi connectivity index (χ2v) is 8.74. The predicted molar refractivity (Wildman–Crippen MR) is 142 cm³/mol. The van der Waals surface area contributed by atoms with Gasteiger partial charge in [0, 0.05) is 24.8 Å². The van der Waals surface area contributed by atoms with Crippen LogP contribution in [-0.4, -0.2) is 28.6 Å². The van der Waals surface area contributed by atoms with Crippen molar-refractivity contribution < 1.29 is 14.0 Å². The molecule has 0 aliphatic carbocycles. The third-order valence-corrected chi connectivity index (χ3v) is 6.02. The number of aromatic amines is 1. The molecule has 4 aromatic rings. The maximum absolute atomic E-state index is 14.4. The summed E-state index contributed by atoms with van der Waals surface area (Å²) in [6, 6.07) is 18.6. The van der Waals surface area contributed by atoms with Crippen molar-refractivity contribution in [2.75, 3.05) is 17.6 Å². The van der Waals surface area contributed by atoms with Gasteiger partial charge < -0.3 is 16.4 Å². The number of hydrogen-bond acceptors (Lipinski definition) is 5. The molecule has 0 fully saturated rings. The summed E-state index contributed by atoms with van der Waals surface area (Å²) in [7, 11) is 0. The highest BCUT2D eigenvalue weighted by molar-refractivity contribution is 5.95. The Hall–Kier alpha value is -4.53. The minimum Gasteiger partial charge on any atom is -0.397 e. The van der Waals surface area contributed by atoms with Crippen LogP contribution in [0.5, 0.6) is 0 Å². The van der Waals surface area contributed by atoms with Crippen LogP contribution >= 0.6 is 0 Å².